The molecule has 1 amide bonds. The topological polar surface area (TPSA) is 83.8 Å². The van der Waals surface area contributed by atoms with Crippen LogP contribution in [0.4, 0.5) is 0 Å². The fourth-order valence-electron chi connectivity index (χ4n) is 1.74. The van der Waals surface area contributed by atoms with Gasteiger partial charge in [0.25, 0.3) is 5.91 Å². The molecule has 6 nitrogen and oxygen atoms in total. The Balaban J connectivity index is 1.59. The summed E-state index contributed by atoms with van der Waals surface area (Å²) in [5, 5.41) is 9.45. The van der Waals surface area contributed by atoms with Gasteiger partial charge in [-0.05, 0) is 31.9 Å². The van der Waals surface area contributed by atoms with Crippen LogP contribution < -0.4 is 5.32 Å². The highest BCUT2D eigenvalue weighted by Gasteiger charge is 2.28. The van der Waals surface area contributed by atoms with Gasteiger partial charge in [0.2, 0.25) is 5.82 Å². The van der Waals surface area contributed by atoms with Crippen molar-refractivity contribution in [2.75, 3.05) is 0 Å². The van der Waals surface area contributed by atoms with Gasteiger partial charge in [0.05, 0.1) is 6.54 Å². The van der Waals surface area contributed by atoms with E-state index in [4.69, 9.17) is 4.42 Å². The fourth-order valence-corrected chi connectivity index (χ4v) is 1.74. The van der Waals surface area contributed by atoms with Gasteiger partial charge in [-0.3, -0.25) is 9.89 Å². The lowest BCUT2D eigenvalue weighted by molar-refractivity contribution is 0.0938. The van der Waals surface area contributed by atoms with E-state index >= 15 is 0 Å². The number of nitrogens with one attached hydrogen (secondary N) is 2. The Bertz CT molecular complexity index is 568. The van der Waals surface area contributed by atoms with E-state index in [0.717, 1.165) is 30.2 Å². The molecule has 3 rings (SSSR count). The number of H-pyrrole nitrogens is 1. The highest BCUT2D eigenvalue weighted by Crippen LogP contribution is 2.37. The number of aryl methyl sites for hydroxylation is 1. The van der Waals surface area contributed by atoms with E-state index in [1.54, 1.807) is 0 Å². The molecule has 18 heavy (non-hydrogen) atoms. The zero-order chi connectivity index (χ0) is 12.5. The molecule has 0 saturated heterocycles. The Hall–Kier alpha value is -2.11. The first kappa shape index (κ1) is 11.0. The van der Waals surface area contributed by atoms with Gasteiger partial charge < -0.3 is 9.73 Å². The summed E-state index contributed by atoms with van der Waals surface area (Å²) in [6.45, 7) is 2.21. The zero-order valence-electron chi connectivity index (χ0n) is 10.1. The van der Waals surface area contributed by atoms with E-state index in [-0.39, 0.29) is 11.7 Å². The van der Waals surface area contributed by atoms with Gasteiger partial charge in [0.15, 0.2) is 0 Å². The largest absolute Gasteiger partial charge is 0.465 e. The Morgan fingerprint density at radius 2 is 2.39 bits per heavy atom. The van der Waals surface area contributed by atoms with Gasteiger partial charge in [-0.25, -0.2) is 4.98 Å². The van der Waals surface area contributed by atoms with Gasteiger partial charge in [-0.15, -0.1) is 5.10 Å². The molecular formula is C12H14N4O2. The molecule has 2 heterocycles. The molecule has 0 bridgehead atoms. The van der Waals surface area contributed by atoms with Crippen LogP contribution in [0.25, 0.3) is 0 Å². The lowest BCUT2D eigenvalue weighted by Gasteiger charge is -1.98. The Morgan fingerprint density at radius 3 is 3.06 bits per heavy atom. The van der Waals surface area contributed by atoms with Crippen molar-refractivity contribution in [2.45, 2.75) is 32.2 Å². The minimum atomic E-state index is -0.285. The first-order valence-electron chi connectivity index (χ1n) is 5.98. The van der Waals surface area contributed by atoms with Crippen LogP contribution in [-0.4, -0.2) is 21.1 Å². The van der Waals surface area contributed by atoms with Crippen molar-refractivity contribution in [2.24, 2.45) is 0 Å². The lowest BCUT2D eigenvalue weighted by atomic mass is 10.4. The summed E-state index contributed by atoms with van der Waals surface area (Å²) in [5.41, 5.74) is 0. The number of nitrogens with zero attached hydrogens (tertiary/aromatic N) is 2. The SMILES string of the molecule is Cc1ccc(CNC(=O)c2n[nH]c(C3CC3)n2)o1. The maximum atomic E-state index is 11.8. The number of carbonyl (C=O) groups is 1. The van der Waals surface area contributed by atoms with Crippen molar-refractivity contribution in [1.82, 2.24) is 20.5 Å². The number of furan rings is 1. The van der Waals surface area contributed by atoms with Crippen molar-refractivity contribution in [3.05, 3.63) is 35.3 Å². The van der Waals surface area contributed by atoms with Gasteiger partial charge >= 0.3 is 0 Å². The fraction of sp³-hybridized carbons (Fsp3) is 0.417. The van der Waals surface area contributed by atoms with E-state index < -0.39 is 0 Å². The number of aromatic amines is 1. The first-order valence-corrected chi connectivity index (χ1v) is 5.98. The third-order valence-corrected chi connectivity index (χ3v) is 2.89. The molecule has 2 aromatic heterocycles. The zero-order valence-corrected chi connectivity index (χ0v) is 10.1. The molecule has 0 spiro atoms. The van der Waals surface area contributed by atoms with E-state index in [0.29, 0.717) is 12.5 Å². The number of aromatic nitrogens is 3. The van der Waals surface area contributed by atoms with E-state index in [2.05, 4.69) is 20.5 Å². The van der Waals surface area contributed by atoms with Gasteiger partial charge in [-0.2, -0.15) is 0 Å². The Morgan fingerprint density at radius 1 is 1.56 bits per heavy atom. The van der Waals surface area contributed by atoms with Crippen molar-refractivity contribution in [3.63, 3.8) is 0 Å². The van der Waals surface area contributed by atoms with Crippen LogP contribution in [0.5, 0.6) is 0 Å². The standard InChI is InChI=1S/C12H14N4O2/c1-7-2-5-9(18-7)6-13-12(17)11-14-10(15-16-11)8-3-4-8/h2,5,8H,3-4,6H2,1H3,(H,13,17)(H,14,15,16). The summed E-state index contributed by atoms with van der Waals surface area (Å²) in [6, 6.07) is 3.70. The second-order valence-corrected chi connectivity index (χ2v) is 4.51. The van der Waals surface area contributed by atoms with E-state index in [1.807, 2.05) is 19.1 Å². The average molecular weight is 246 g/mol. The van der Waals surface area contributed by atoms with Crippen LogP contribution in [-0.2, 0) is 6.54 Å². The smallest absolute Gasteiger partial charge is 0.291 e. The number of carbonyl (C=O) groups excluding carboxylic acids is 1. The van der Waals surface area contributed by atoms with Crippen molar-refractivity contribution in [1.29, 1.82) is 0 Å². The summed E-state index contributed by atoms with van der Waals surface area (Å²) in [5.74, 6) is 2.74. The minimum absolute atomic E-state index is 0.195. The molecule has 2 aromatic rings. The number of rotatable bonds is 4. The van der Waals surface area contributed by atoms with E-state index in [9.17, 15) is 4.79 Å². The number of hydrogen-bond donors (Lipinski definition) is 2. The second-order valence-electron chi connectivity index (χ2n) is 4.51. The molecule has 1 saturated carbocycles. The second kappa shape index (κ2) is 4.29. The molecule has 6 heteroatoms. The number of hydrogen-bond acceptors (Lipinski definition) is 4. The maximum Gasteiger partial charge on any atom is 0.291 e. The molecule has 1 aliphatic carbocycles. The predicted molar refractivity (Wildman–Crippen MR) is 63.0 cm³/mol. The summed E-state index contributed by atoms with van der Waals surface area (Å²) >= 11 is 0. The number of amides is 1. The van der Waals surface area contributed by atoms with Crippen LogP contribution in [0, 0.1) is 6.92 Å². The average Bonchev–Trinajstić information content (AvgIpc) is 2.94. The predicted octanol–water partition coefficient (Wildman–Crippen LogP) is 1.51. The third kappa shape index (κ3) is 2.27. The summed E-state index contributed by atoms with van der Waals surface area (Å²) in [7, 11) is 0. The van der Waals surface area contributed by atoms with Crippen molar-refractivity contribution < 1.29 is 9.21 Å². The van der Waals surface area contributed by atoms with Crippen LogP contribution in [0.15, 0.2) is 16.5 Å². The molecular weight excluding hydrogens is 232 g/mol. The van der Waals surface area contributed by atoms with Crippen LogP contribution >= 0.6 is 0 Å². The molecule has 1 fully saturated rings. The maximum absolute atomic E-state index is 11.8. The lowest BCUT2D eigenvalue weighted by Crippen LogP contribution is -2.23. The molecule has 1 aliphatic rings. The molecule has 0 radical (unpaired) electrons. The van der Waals surface area contributed by atoms with Gasteiger partial charge in [0.1, 0.15) is 17.3 Å². The quantitative estimate of drug-likeness (QED) is 0.856. The third-order valence-electron chi connectivity index (χ3n) is 2.89. The minimum Gasteiger partial charge on any atom is -0.465 e. The summed E-state index contributed by atoms with van der Waals surface area (Å²) in [6.07, 6.45) is 2.25. The molecule has 0 unspecified atom stereocenters. The van der Waals surface area contributed by atoms with Crippen LogP contribution in [0.3, 0.4) is 0 Å². The molecule has 2 N–H and O–H groups in total. The summed E-state index contributed by atoms with van der Waals surface area (Å²) in [4.78, 5) is 16.0. The highest BCUT2D eigenvalue weighted by atomic mass is 16.3. The molecule has 0 aliphatic heterocycles. The Labute approximate surface area is 104 Å². The highest BCUT2D eigenvalue weighted by molar-refractivity contribution is 5.90. The Kier molecular flexibility index (Phi) is 2.62. The normalized spacial score (nSPS) is 14.7. The molecule has 0 atom stereocenters. The van der Waals surface area contributed by atoms with E-state index in [1.165, 1.54) is 0 Å². The van der Waals surface area contributed by atoms with Crippen LogP contribution in [0.1, 0.15) is 46.7 Å². The van der Waals surface area contributed by atoms with Crippen LogP contribution in [0.2, 0.25) is 0 Å². The van der Waals surface area contributed by atoms with Gasteiger partial charge in [0, 0.05) is 5.92 Å². The molecule has 94 valence electrons. The molecule has 0 aromatic carbocycles. The van der Waals surface area contributed by atoms with Gasteiger partial charge in [-0.1, -0.05) is 0 Å². The summed E-state index contributed by atoms with van der Waals surface area (Å²) < 4.78 is 5.36. The van der Waals surface area contributed by atoms with Crippen molar-refractivity contribution >= 4 is 5.91 Å². The van der Waals surface area contributed by atoms with Crippen molar-refractivity contribution in [3.8, 4) is 0 Å². The first-order chi connectivity index (χ1) is 8.72. The monoisotopic (exact) mass is 246 g/mol.